The second-order valence-electron chi connectivity index (χ2n) is 4.84. The highest BCUT2D eigenvalue weighted by Gasteiger charge is 2.68. The number of pyridine rings is 1. The molecule has 0 spiro atoms. The van der Waals surface area contributed by atoms with Gasteiger partial charge in [-0.3, -0.25) is 4.79 Å². The molecule has 1 aromatic heterocycles. The summed E-state index contributed by atoms with van der Waals surface area (Å²) >= 11 is 0. The maximum atomic E-state index is 11.4. The van der Waals surface area contributed by atoms with E-state index < -0.39 is 11.4 Å². The van der Waals surface area contributed by atoms with Gasteiger partial charge in [-0.15, -0.1) is 0 Å². The second-order valence-corrected chi connectivity index (χ2v) is 4.84. The third-order valence-corrected chi connectivity index (χ3v) is 3.47. The number of aromatic nitrogens is 1. The van der Waals surface area contributed by atoms with Crippen molar-refractivity contribution in [2.24, 2.45) is 5.41 Å². The van der Waals surface area contributed by atoms with Crippen LogP contribution in [-0.2, 0) is 10.2 Å². The zero-order valence-corrected chi connectivity index (χ0v) is 9.65. The van der Waals surface area contributed by atoms with Gasteiger partial charge in [0.15, 0.2) is 0 Å². The lowest BCUT2D eigenvalue weighted by Gasteiger charge is -2.15. The first kappa shape index (κ1) is 10.9. The molecule has 1 heterocycles. The summed E-state index contributed by atoms with van der Waals surface area (Å²) in [7, 11) is 1.53. The van der Waals surface area contributed by atoms with Crippen LogP contribution in [0.1, 0.15) is 26.0 Å². The largest absolute Gasteiger partial charge is 0.481 e. The Hall–Kier alpha value is -1.58. The van der Waals surface area contributed by atoms with E-state index in [1.807, 2.05) is 13.8 Å². The highest BCUT2D eigenvalue weighted by Crippen LogP contribution is 2.64. The van der Waals surface area contributed by atoms with Gasteiger partial charge in [0.05, 0.1) is 12.8 Å². The summed E-state index contributed by atoms with van der Waals surface area (Å²) in [5.41, 5.74) is -0.496. The monoisotopic (exact) mass is 221 g/mol. The Morgan fingerprint density at radius 3 is 2.56 bits per heavy atom. The van der Waals surface area contributed by atoms with Gasteiger partial charge in [0.2, 0.25) is 5.88 Å². The molecule has 0 amide bonds. The van der Waals surface area contributed by atoms with Crippen LogP contribution in [0.2, 0.25) is 0 Å². The Kier molecular flexibility index (Phi) is 2.19. The van der Waals surface area contributed by atoms with E-state index in [9.17, 15) is 9.90 Å². The van der Waals surface area contributed by atoms with Crippen LogP contribution in [-0.4, -0.2) is 23.2 Å². The van der Waals surface area contributed by atoms with Crippen molar-refractivity contribution in [1.29, 1.82) is 0 Å². The number of methoxy groups -OCH3 is 1. The maximum absolute atomic E-state index is 11.4. The molecule has 0 radical (unpaired) electrons. The number of ether oxygens (including phenoxy) is 1. The first-order chi connectivity index (χ1) is 7.44. The van der Waals surface area contributed by atoms with Crippen LogP contribution in [0.3, 0.4) is 0 Å². The van der Waals surface area contributed by atoms with Gasteiger partial charge < -0.3 is 9.84 Å². The summed E-state index contributed by atoms with van der Waals surface area (Å²) in [6.07, 6.45) is 0.621. The van der Waals surface area contributed by atoms with Gasteiger partial charge in [0, 0.05) is 6.07 Å². The molecule has 4 heteroatoms. The highest BCUT2D eigenvalue weighted by atomic mass is 16.5. The molecule has 0 aromatic carbocycles. The van der Waals surface area contributed by atoms with Crippen LogP contribution in [0, 0.1) is 5.41 Å². The van der Waals surface area contributed by atoms with Gasteiger partial charge >= 0.3 is 5.97 Å². The van der Waals surface area contributed by atoms with Gasteiger partial charge in [-0.2, -0.15) is 0 Å². The fraction of sp³-hybridized carbons (Fsp3) is 0.500. The van der Waals surface area contributed by atoms with Crippen molar-refractivity contribution in [3.63, 3.8) is 0 Å². The second kappa shape index (κ2) is 3.20. The van der Waals surface area contributed by atoms with E-state index >= 15 is 0 Å². The number of nitrogens with zero attached hydrogens (tertiary/aromatic N) is 1. The zero-order valence-electron chi connectivity index (χ0n) is 9.65. The number of aliphatic carboxylic acids is 1. The summed E-state index contributed by atoms with van der Waals surface area (Å²) in [4.78, 5) is 15.7. The van der Waals surface area contributed by atoms with E-state index in [1.54, 1.807) is 18.2 Å². The minimum atomic E-state index is -0.846. The van der Waals surface area contributed by atoms with Crippen LogP contribution < -0.4 is 4.74 Å². The number of hydrogen-bond donors (Lipinski definition) is 1. The van der Waals surface area contributed by atoms with Crippen molar-refractivity contribution in [3.05, 3.63) is 23.9 Å². The number of carbonyl (C=O) groups is 1. The lowest BCUT2D eigenvalue weighted by molar-refractivity contribution is -0.141. The summed E-state index contributed by atoms with van der Waals surface area (Å²) in [5, 5.41) is 9.38. The summed E-state index contributed by atoms with van der Waals surface area (Å²) in [6.45, 7) is 3.89. The molecule has 1 unspecified atom stereocenters. The predicted molar refractivity (Wildman–Crippen MR) is 58.5 cm³/mol. The van der Waals surface area contributed by atoms with Gasteiger partial charge in [0.1, 0.15) is 5.41 Å². The summed E-state index contributed by atoms with van der Waals surface area (Å²) < 4.78 is 5.02. The van der Waals surface area contributed by atoms with Crippen LogP contribution in [0.5, 0.6) is 5.88 Å². The molecule has 1 fully saturated rings. The van der Waals surface area contributed by atoms with E-state index in [0.717, 1.165) is 0 Å². The molecule has 4 nitrogen and oxygen atoms in total. The molecule has 1 aliphatic carbocycles. The number of carboxylic acid groups (broad SMARTS) is 1. The fourth-order valence-corrected chi connectivity index (χ4v) is 2.30. The molecular weight excluding hydrogens is 206 g/mol. The topological polar surface area (TPSA) is 59.4 Å². The number of rotatable bonds is 3. The summed E-state index contributed by atoms with van der Waals surface area (Å²) in [6, 6.07) is 5.25. The van der Waals surface area contributed by atoms with Gasteiger partial charge in [-0.1, -0.05) is 19.9 Å². The summed E-state index contributed by atoms with van der Waals surface area (Å²) in [5.74, 6) is -0.348. The molecular formula is C12H15NO3. The van der Waals surface area contributed by atoms with Gasteiger partial charge in [0.25, 0.3) is 0 Å². The lowest BCUT2D eigenvalue weighted by Crippen LogP contribution is -2.26. The smallest absolute Gasteiger partial charge is 0.316 e. The van der Waals surface area contributed by atoms with Crippen molar-refractivity contribution in [2.75, 3.05) is 7.11 Å². The van der Waals surface area contributed by atoms with E-state index in [-0.39, 0.29) is 5.41 Å². The van der Waals surface area contributed by atoms with E-state index in [0.29, 0.717) is 18.0 Å². The van der Waals surface area contributed by atoms with E-state index in [4.69, 9.17) is 4.74 Å². The Bertz CT molecular complexity index is 442. The molecule has 1 atom stereocenters. The van der Waals surface area contributed by atoms with Crippen LogP contribution in [0.4, 0.5) is 0 Å². The minimum Gasteiger partial charge on any atom is -0.481 e. The third kappa shape index (κ3) is 1.29. The van der Waals surface area contributed by atoms with Gasteiger partial charge in [-0.25, -0.2) is 4.98 Å². The van der Waals surface area contributed by atoms with Crippen molar-refractivity contribution in [1.82, 2.24) is 4.98 Å². The third-order valence-electron chi connectivity index (χ3n) is 3.47. The quantitative estimate of drug-likeness (QED) is 0.846. The molecule has 2 rings (SSSR count). The van der Waals surface area contributed by atoms with Crippen molar-refractivity contribution < 1.29 is 14.6 Å². The Labute approximate surface area is 94.3 Å². The molecule has 1 aliphatic rings. The first-order valence-corrected chi connectivity index (χ1v) is 5.19. The fourth-order valence-electron chi connectivity index (χ4n) is 2.30. The number of carboxylic acids is 1. The Balaban J connectivity index is 2.47. The zero-order chi connectivity index (χ0) is 12.0. The average Bonchev–Trinajstić information content (AvgIpc) is 2.83. The number of hydrogen-bond acceptors (Lipinski definition) is 3. The normalized spacial score (nSPS) is 26.2. The highest BCUT2D eigenvalue weighted by molar-refractivity contribution is 5.86. The van der Waals surface area contributed by atoms with Crippen LogP contribution >= 0.6 is 0 Å². The van der Waals surface area contributed by atoms with E-state index in [1.165, 1.54) is 7.11 Å². The molecule has 0 saturated heterocycles. The Morgan fingerprint density at radius 1 is 1.50 bits per heavy atom. The van der Waals surface area contributed by atoms with Crippen molar-refractivity contribution in [2.45, 2.75) is 25.7 Å². The molecule has 1 aromatic rings. The standard InChI is InChI=1S/C12H15NO3/c1-11(2)7-12(11,10(14)15)8-5-4-6-9(13-8)16-3/h4-6H,7H2,1-3H3,(H,14,15). The van der Waals surface area contributed by atoms with Crippen molar-refractivity contribution >= 4 is 5.97 Å². The van der Waals surface area contributed by atoms with Crippen molar-refractivity contribution in [3.8, 4) is 5.88 Å². The first-order valence-electron chi connectivity index (χ1n) is 5.19. The van der Waals surface area contributed by atoms with Gasteiger partial charge in [-0.05, 0) is 17.9 Å². The predicted octanol–water partition coefficient (Wildman–Crippen LogP) is 1.84. The van der Waals surface area contributed by atoms with E-state index in [2.05, 4.69) is 4.98 Å². The molecule has 0 bridgehead atoms. The molecule has 86 valence electrons. The Morgan fingerprint density at radius 2 is 2.12 bits per heavy atom. The van der Waals surface area contributed by atoms with Crippen LogP contribution in [0.15, 0.2) is 18.2 Å². The van der Waals surface area contributed by atoms with Crippen LogP contribution in [0.25, 0.3) is 0 Å². The molecule has 0 aliphatic heterocycles. The molecule has 1 saturated carbocycles. The maximum Gasteiger partial charge on any atom is 0.316 e. The molecule has 16 heavy (non-hydrogen) atoms. The SMILES string of the molecule is COc1cccc(C2(C(=O)O)CC2(C)C)n1. The average molecular weight is 221 g/mol. The minimum absolute atomic E-state index is 0.238. The lowest BCUT2D eigenvalue weighted by atomic mass is 9.92. The molecule has 1 N–H and O–H groups in total.